The summed E-state index contributed by atoms with van der Waals surface area (Å²) >= 11 is 0. The van der Waals surface area contributed by atoms with Gasteiger partial charge in [0.25, 0.3) is 0 Å². The molecule has 0 spiro atoms. The molecule has 1 aromatic carbocycles. The zero-order valence-corrected chi connectivity index (χ0v) is 16.0. The molecule has 2 atom stereocenters. The highest BCUT2D eigenvalue weighted by Crippen LogP contribution is 2.19. The summed E-state index contributed by atoms with van der Waals surface area (Å²) in [6, 6.07) is 6.34. The molecule has 26 heavy (non-hydrogen) atoms. The molecule has 1 aliphatic rings. The van der Waals surface area contributed by atoms with Crippen molar-refractivity contribution < 1.29 is 14.0 Å². The lowest BCUT2D eigenvalue weighted by molar-refractivity contribution is -0.129. The molecule has 1 saturated heterocycles. The summed E-state index contributed by atoms with van der Waals surface area (Å²) in [5.41, 5.74) is 0.994. The lowest BCUT2D eigenvalue weighted by Gasteiger charge is -2.18. The minimum Gasteiger partial charge on any atom is -0.356 e. The maximum atomic E-state index is 12.9. The van der Waals surface area contributed by atoms with E-state index >= 15 is 0 Å². The van der Waals surface area contributed by atoms with Gasteiger partial charge in [-0.2, -0.15) is 0 Å². The first kappa shape index (κ1) is 20.4. The van der Waals surface area contributed by atoms with E-state index in [4.69, 9.17) is 0 Å². The van der Waals surface area contributed by atoms with Crippen LogP contribution in [0, 0.1) is 17.7 Å². The van der Waals surface area contributed by atoms with E-state index in [1.54, 1.807) is 17.0 Å². The zero-order chi connectivity index (χ0) is 18.9. The number of unbranched alkanes of at least 4 members (excludes halogenated alkanes) is 1. The molecule has 0 bridgehead atoms. The predicted octanol–water partition coefficient (Wildman–Crippen LogP) is 3.55. The van der Waals surface area contributed by atoms with Crippen molar-refractivity contribution in [3.8, 4) is 0 Å². The topological polar surface area (TPSA) is 49.4 Å². The Labute approximate surface area is 156 Å². The highest BCUT2D eigenvalue weighted by atomic mass is 19.1. The van der Waals surface area contributed by atoms with Gasteiger partial charge in [-0.1, -0.05) is 45.2 Å². The van der Waals surface area contributed by atoms with E-state index < -0.39 is 0 Å². The van der Waals surface area contributed by atoms with Crippen molar-refractivity contribution in [2.75, 3.05) is 19.6 Å². The molecule has 144 valence electrons. The van der Waals surface area contributed by atoms with Crippen molar-refractivity contribution in [2.45, 2.75) is 52.4 Å². The average Bonchev–Trinajstić information content (AvgIpc) is 3.02. The maximum Gasteiger partial charge on any atom is 0.225 e. The average molecular weight is 362 g/mol. The van der Waals surface area contributed by atoms with Crippen LogP contribution in [0.1, 0.15) is 51.5 Å². The second-order valence-electron chi connectivity index (χ2n) is 7.28. The van der Waals surface area contributed by atoms with Gasteiger partial charge in [-0.3, -0.25) is 9.59 Å². The summed E-state index contributed by atoms with van der Waals surface area (Å²) in [4.78, 5) is 26.3. The molecule has 0 radical (unpaired) electrons. The van der Waals surface area contributed by atoms with Crippen LogP contribution in [-0.4, -0.2) is 36.3 Å². The fourth-order valence-electron chi connectivity index (χ4n) is 3.41. The van der Waals surface area contributed by atoms with Crippen LogP contribution < -0.4 is 5.32 Å². The van der Waals surface area contributed by atoms with Crippen LogP contribution in [0.15, 0.2) is 24.3 Å². The van der Waals surface area contributed by atoms with Gasteiger partial charge in [-0.25, -0.2) is 4.39 Å². The third-order valence-corrected chi connectivity index (χ3v) is 5.28. The third-order valence-electron chi connectivity index (χ3n) is 5.28. The summed E-state index contributed by atoms with van der Waals surface area (Å²) in [7, 11) is 0. The minimum atomic E-state index is -0.257. The van der Waals surface area contributed by atoms with Crippen molar-refractivity contribution in [3.63, 3.8) is 0 Å². The number of hydrogen-bond donors (Lipinski definition) is 1. The van der Waals surface area contributed by atoms with Crippen LogP contribution in [0.5, 0.6) is 0 Å². The summed E-state index contributed by atoms with van der Waals surface area (Å²) < 4.78 is 12.9. The van der Waals surface area contributed by atoms with Gasteiger partial charge in [-0.05, 0) is 36.5 Å². The van der Waals surface area contributed by atoms with Gasteiger partial charge in [0.15, 0.2) is 0 Å². The molecule has 2 rings (SSSR count). The van der Waals surface area contributed by atoms with Crippen molar-refractivity contribution in [3.05, 3.63) is 35.6 Å². The molecular weight excluding hydrogens is 331 g/mol. The minimum absolute atomic E-state index is 0.00224. The van der Waals surface area contributed by atoms with Gasteiger partial charge in [0.2, 0.25) is 11.8 Å². The summed E-state index contributed by atoms with van der Waals surface area (Å²) in [6.45, 7) is 6.09. The van der Waals surface area contributed by atoms with Crippen LogP contribution in [-0.2, 0) is 16.0 Å². The number of amides is 2. The molecule has 0 saturated carbocycles. The van der Waals surface area contributed by atoms with Crippen LogP contribution in [0.2, 0.25) is 0 Å². The van der Waals surface area contributed by atoms with Gasteiger partial charge in [0.05, 0.1) is 5.92 Å². The van der Waals surface area contributed by atoms with Crippen molar-refractivity contribution in [2.24, 2.45) is 11.8 Å². The Morgan fingerprint density at radius 3 is 2.69 bits per heavy atom. The highest BCUT2D eigenvalue weighted by molar-refractivity contribution is 5.89. The standard InChI is InChI=1S/C21H31FN2O2/c1-3-5-6-16(4-2)14-23-21(26)18-13-20(25)24(15-18)12-11-17-7-9-19(22)10-8-17/h7-10,16,18H,3-6,11-15H2,1-2H3,(H,23,26). The fourth-order valence-corrected chi connectivity index (χ4v) is 3.41. The summed E-state index contributed by atoms with van der Waals surface area (Å²) in [6.07, 6.45) is 5.53. The molecule has 2 amide bonds. The Bertz CT molecular complexity index is 588. The van der Waals surface area contributed by atoms with Gasteiger partial charge in [0, 0.05) is 26.1 Å². The fraction of sp³-hybridized carbons (Fsp3) is 0.619. The van der Waals surface area contributed by atoms with E-state index in [0.29, 0.717) is 38.4 Å². The predicted molar refractivity (Wildman–Crippen MR) is 101 cm³/mol. The number of benzene rings is 1. The van der Waals surface area contributed by atoms with Gasteiger partial charge < -0.3 is 10.2 Å². The van der Waals surface area contributed by atoms with Crippen LogP contribution in [0.25, 0.3) is 0 Å². The quantitative estimate of drug-likeness (QED) is 0.692. The van der Waals surface area contributed by atoms with Crippen LogP contribution >= 0.6 is 0 Å². The molecule has 4 nitrogen and oxygen atoms in total. The zero-order valence-electron chi connectivity index (χ0n) is 16.0. The number of rotatable bonds is 10. The second-order valence-corrected chi connectivity index (χ2v) is 7.28. The lowest BCUT2D eigenvalue weighted by atomic mass is 9.99. The Hall–Kier alpha value is -1.91. The number of halogens is 1. The monoisotopic (exact) mass is 362 g/mol. The van der Waals surface area contributed by atoms with E-state index in [-0.39, 0.29) is 23.5 Å². The molecule has 0 aromatic heterocycles. The Balaban J connectivity index is 1.76. The van der Waals surface area contributed by atoms with Crippen molar-refractivity contribution in [1.29, 1.82) is 0 Å². The number of hydrogen-bond acceptors (Lipinski definition) is 2. The first-order chi connectivity index (χ1) is 12.5. The van der Waals surface area contributed by atoms with E-state index in [0.717, 1.165) is 18.4 Å². The summed E-state index contributed by atoms with van der Waals surface area (Å²) in [5.74, 6) is 0.0416. The smallest absolute Gasteiger partial charge is 0.225 e. The van der Waals surface area contributed by atoms with E-state index in [1.807, 2.05) is 0 Å². The molecule has 1 aromatic rings. The van der Waals surface area contributed by atoms with Crippen molar-refractivity contribution >= 4 is 11.8 Å². The number of nitrogens with one attached hydrogen (secondary N) is 1. The SMILES string of the molecule is CCCCC(CC)CNC(=O)C1CC(=O)N(CCc2ccc(F)cc2)C1. The van der Waals surface area contributed by atoms with Crippen LogP contribution in [0.3, 0.4) is 0 Å². The number of carbonyl (C=O) groups excluding carboxylic acids is 2. The molecular formula is C21H31FN2O2. The Morgan fingerprint density at radius 1 is 1.31 bits per heavy atom. The molecule has 0 aliphatic carbocycles. The van der Waals surface area contributed by atoms with E-state index in [1.165, 1.54) is 25.0 Å². The first-order valence-electron chi connectivity index (χ1n) is 9.83. The molecule has 2 unspecified atom stereocenters. The van der Waals surface area contributed by atoms with Gasteiger partial charge in [0.1, 0.15) is 5.82 Å². The highest BCUT2D eigenvalue weighted by Gasteiger charge is 2.33. The van der Waals surface area contributed by atoms with Gasteiger partial charge in [-0.15, -0.1) is 0 Å². The van der Waals surface area contributed by atoms with Crippen molar-refractivity contribution in [1.82, 2.24) is 10.2 Å². The maximum absolute atomic E-state index is 12.9. The molecule has 1 N–H and O–H groups in total. The van der Waals surface area contributed by atoms with E-state index in [9.17, 15) is 14.0 Å². The third kappa shape index (κ3) is 6.11. The lowest BCUT2D eigenvalue weighted by Crippen LogP contribution is -2.36. The van der Waals surface area contributed by atoms with Crippen LogP contribution in [0.4, 0.5) is 4.39 Å². The first-order valence-corrected chi connectivity index (χ1v) is 9.83. The normalized spacial score (nSPS) is 18.2. The summed E-state index contributed by atoms with van der Waals surface area (Å²) in [5, 5.41) is 3.05. The largest absolute Gasteiger partial charge is 0.356 e. The van der Waals surface area contributed by atoms with E-state index in [2.05, 4.69) is 19.2 Å². The second kappa shape index (κ2) is 10.3. The van der Waals surface area contributed by atoms with Gasteiger partial charge >= 0.3 is 0 Å². The number of likely N-dealkylation sites (tertiary alicyclic amines) is 1. The Kier molecular flexibility index (Phi) is 8.07. The number of nitrogens with zero attached hydrogens (tertiary/aromatic N) is 1. The number of carbonyl (C=O) groups is 2. The molecule has 1 fully saturated rings. The molecule has 5 heteroatoms. The molecule has 1 heterocycles. The molecule has 1 aliphatic heterocycles. The Morgan fingerprint density at radius 2 is 2.04 bits per heavy atom.